The minimum absolute atomic E-state index is 0.177. The Hall–Kier alpha value is -2.38. The highest BCUT2D eigenvalue weighted by Crippen LogP contribution is 2.38. The molecule has 1 aliphatic carbocycles. The maximum Gasteiger partial charge on any atom is 0.194 e. The highest BCUT2D eigenvalue weighted by molar-refractivity contribution is 6.28. The van der Waals surface area contributed by atoms with Crippen molar-refractivity contribution in [3.8, 4) is 0 Å². The molecule has 26 heavy (non-hydrogen) atoms. The van der Waals surface area contributed by atoms with Gasteiger partial charge in [-0.1, -0.05) is 42.5 Å². The molecule has 1 unspecified atom stereocenters. The molecule has 0 bridgehead atoms. The molecular formula is C20H18O6. The van der Waals surface area contributed by atoms with Crippen LogP contribution in [0.3, 0.4) is 0 Å². The van der Waals surface area contributed by atoms with E-state index in [0.29, 0.717) is 16.7 Å². The standard InChI is InChI=1S/C20H18O6/c1-9-15(21)18(24)19(25)20(26-9)13-8-4-7-12-14(13)17(23)11-6-3-2-5-10(11)16(12)22/h2-9,15,18-21,24-25H,1H3/t9-,15-,18+,19+,20?/m0/s1. The maximum absolute atomic E-state index is 13.0. The second-order valence-corrected chi connectivity index (χ2v) is 6.71. The third kappa shape index (κ3) is 2.34. The van der Waals surface area contributed by atoms with Crippen LogP contribution < -0.4 is 0 Å². The van der Waals surface area contributed by atoms with Crippen LogP contribution in [0, 0.1) is 0 Å². The molecule has 6 nitrogen and oxygen atoms in total. The van der Waals surface area contributed by atoms with E-state index >= 15 is 0 Å². The second-order valence-electron chi connectivity index (χ2n) is 6.71. The van der Waals surface area contributed by atoms with E-state index < -0.39 is 30.5 Å². The van der Waals surface area contributed by atoms with Crippen molar-refractivity contribution in [2.75, 3.05) is 0 Å². The van der Waals surface area contributed by atoms with E-state index in [2.05, 4.69) is 0 Å². The number of hydrogen-bond acceptors (Lipinski definition) is 6. The Labute approximate surface area is 149 Å². The number of carbonyl (C=O) groups is 2. The first kappa shape index (κ1) is 17.1. The van der Waals surface area contributed by atoms with Gasteiger partial charge in [-0.25, -0.2) is 0 Å². The second kappa shape index (κ2) is 6.10. The molecule has 1 fully saturated rings. The summed E-state index contributed by atoms with van der Waals surface area (Å²) in [6.07, 6.45) is -5.84. The van der Waals surface area contributed by atoms with Crippen LogP contribution in [0.5, 0.6) is 0 Å². The van der Waals surface area contributed by atoms with Gasteiger partial charge in [0.15, 0.2) is 11.6 Å². The van der Waals surface area contributed by atoms with Gasteiger partial charge in [-0.2, -0.15) is 0 Å². The van der Waals surface area contributed by atoms with Crippen molar-refractivity contribution < 1.29 is 29.6 Å². The third-order valence-corrected chi connectivity index (χ3v) is 5.14. The van der Waals surface area contributed by atoms with Crippen LogP contribution in [0.2, 0.25) is 0 Å². The van der Waals surface area contributed by atoms with E-state index in [0.717, 1.165) is 0 Å². The van der Waals surface area contributed by atoms with Gasteiger partial charge in [-0.05, 0) is 12.5 Å². The molecule has 1 saturated heterocycles. The molecule has 0 amide bonds. The van der Waals surface area contributed by atoms with Crippen molar-refractivity contribution in [3.63, 3.8) is 0 Å². The van der Waals surface area contributed by atoms with Crippen LogP contribution in [0.4, 0.5) is 0 Å². The molecule has 134 valence electrons. The van der Waals surface area contributed by atoms with Gasteiger partial charge in [0, 0.05) is 22.3 Å². The molecule has 4 rings (SSSR count). The quantitative estimate of drug-likeness (QED) is 0.602. The Kier molecular flexibility index (Phi) is 4.00. The Balaban J connectivity index is 1.86. The normalized spacial score (nSPS) is 30.7. The van der Waals surface area contributed by atoms with Gasteiger partial charge >= 0.3 is 0 Å². The molecule has 2 aliphatic rings. The molecule has 2 aromatic rings. The molecule has 1 aliphatic heterocycles. The van der Waals surface area contributed by atoms with E-state index in [1.165, 1.54) is 0 Å². The highest BCUT2D eigenvalue weighted by atomic mass is 16.5. The van der Waals surface area contributed by atoms with Crippen LogP contribution in [-0.4, -0.2) is 51.3 Å². The van der Waals surface area contributed by atoms with Gasteiger partial charge in [-0.15, -0.1) is 0 Å². The lowest BCUT2D eigenvalue weighted by atomic mass is 9.79. The SMILES string of the molecule is C[C@@H]1OC(c2cccc3c2C(=O)c2ccccc2C3=O)[C@H](O)[C@H](O)[C@H]1O. The number of ether oxygens (including phenoxy) is 1. The summed E-state index contributed by atoms with van der Waals surface area (Å²) in [6, 6.07) is 11.4. The topological polar surface area (TPSA) is 104 Å². The summed E-state index contributed by atoms with van der Waals surface area (Å²) >= 11 is 0. The van der Waals surface area contributed by atoms with Crippen LogP contribution >= 0.6 is 0 Å². The molecule has 0 saturated carbocycles. The zero-order valence-electron chi connectivity index (χ0n) is 14.0. The van der Waals surface area contributed by atoms with E-state index in [1.807, 2.05) is 0 Å². The molecule has 0 radical (unpaired) electrons. The van der Waals surface area contributed by atoms with Gasteiger partial charge in [0.1, 0.15) is 24.4 Å². The maximum atomic E-state index is 13.0. The number of rotatable bonds is 1. The van der Waals surface area contributed by atoms with Crippen molar-refractivity contribution in [2.45, 2.75) is 37.4 Å². The number of aliphatic hydroxyl groups is 3. The predicted octanol–water partition coefficient (Wildman–Crippen LogP) is 1.00. The van der Waals surface area contributed by atoms with Crippen LogP contribution in [0.1, 0.15) is 50.4 Å². The van der Waals surface area contributed by atoms with E-state index in [1.54, 1.807) is 49.4 Å². The molecule has 5 atom stereocenters. The molecule has 2 aromatic carbocycles. The monoisotopic (exact) mass is 354 g/mol. The molecule has 0 spiro atoms. The summed E-state index contributed by atoms with van der Waals surface area (Å²) in [7, 11) is 0. The fourth-order valence-corrected chi connectivity index (χ4v) is 3.72. The molecular weight excluding hydrogens is 336 g/mol. The molecule has 0 aromatic heterocycles. The fourth-order valence-electron chi connectivity index (χ4n) is 3.72. The first-order chi connectivity index (χ1) is 12.4. The minimum Gasteiger partial charge on any atom is -0.388 e. The average molecular weight is 354 g/mol. The molecule has 1 heterocycles. The first-order valence-electron chi connectivity index (χ1n) is 8.42. The minimum atomic E-state index is -1.42. The van der Waals surface area contributed by atoms with Crippen molar-refractivity contribution in [1.82, 2.24) is 0 Å². The number of ketones is 2. The Morgan fingerprint density at radius 1 is 0.769 bits per heavy atom. The van der Waals surface area contributed by atoms with Crippen LogP contribution in [-0.2, 0) is 4.74 Å². The van der Waals surface area contributed by atoms with E-state index in [-0.39, 0.29) is 22.7 Å². The zero-order valence-corrected chi connectivity index (χ0v) is 14.0. The molecule has 6 heteroatoms. The summed E-state index contributed by atoms with van der Waals surface area (Å²) in [6.45, 7) is 1.57. The van der Waals surface area contributed by atoms with E-state index in [9.17, 15) is 24.9 Å². The Morgan fingerprint density at radius 3 is 2.08 bits per heavy atom. The summed E-state index contributed by atoms with van der Waals surface area (Å²) in [5.74, 6) is -0.592. The van der Waals surface area contributed by atoms with Crippen molar-refractivity contribution in [1.29, 1.82) is 0 Å². The lowest BCUT2D eigenvalue weighted by Crippen LogP contribution is -2.53. The van der Waals surface area contributed by atoms with Crippen molar-refractivity contribution in [2.24, 2.45) is 0 Å². The largest absolute Gasteiger partial charge is 0.388 e. The Bertz CT molecular complexity index is 905. The van der Waals surface area contributed by atoms with E-state index in [4.69, 9.17) is 4.74 Å². The Morgan fingerprint density at radius 2 is 1.38 bits per heavy atom. The zero-order chi connectivity index (χ0) is 18.6. The van der Waals surface area contributed by atoms with Gasteiger partial charge in [0.2, 0.25) is 0 Å². The van der Waals surface area contributed by atoms with Crippen LogP contribution in [0.15, 0.2) is 42.5 Å². The number of fused-ring (bicyclic) bond motifs is 2. The molecule has 3 N–H and O–H groups in total. The fraction of sp³-hybridized carbons (Fsp3) is 0.300. The van der Waals surface area contributed by atoms with Crippen molar-refractivity contribution >= 4 is 11.6 Å². The predicted molar refractivity (Wildman–Crippen MR) is 91.1 cm³/mol. The summed E-state index contributed by atoms with van der Waals surface area (Å²) < 4.78 is 5.68. The lowest BCUT2D eigenvalue weighted by molar-refractivity contribution is -0.219. The van der Waals surface area contributed by atoms with Crippen LogP contribution in [0.25, 0.3) is 0 Å². The summed E-state index contributed by atoms with van der Waals surface area (Å²) in [4.78, 5) is 25.9. The lowest BCUT2D eigenvalue weighted by Gasteiger charge is -2.40. The highest BCUT2D eigenvalue weighted by Gasteiger charge is 2.44. The number of aliphatic hydroxyl groups excluding tert-OH is 3. The van der Waals surface area contributed by atoms with Gasteiger partial charge in [0.05, 0.1) is 6.10 Å². The first-order valence-corrected chi connectivity index (χ1v) is 8.42. The smallest absolute Gasteiger partial charge is 0.194 e. The van der Waals surface area contributed by atoms with Gasteiger partial charge in [0.25, 0.3) is 0 Å². The summed E-state index contributed by atoms with van der Waals surface area (Å²) in [5.41, 5.74) is 1.40. The number of carbonyl (C=O) groups excluding carboxylic acids is 2. The summed E-state index contributed by atoms with van der Waals surface area (Å²) in [5, 5.41) is 30.4. The van der Waals surface area contributed by atoms with Gasteiger partial charge < -0.3 is 20.1 Å². The number of hydrogen-bond donors (Lipinski definition) is 3. The third-order valence-electron chi connectivity index (χ3n) is 5.14. The van der Waals surface area contributed by atoms with Gasteiger partial charge in [-0.3, -0.25) is 9.59 Å². The average Bonchev–Trinajstić information content (AvgIpc) is 2.66. The van der Waals surface area contributed by atoms with Crippen molar-refractivity contribution in [3.05, 3.63) is 70.3 Å². The number of benzene rings is 2.